The van der Waals surface area contributed by atoms with Crippen molar-refractivity contribution >= 4 is 5.69 Å². The molecule has 0 saturated carbocycles. The van der Waals surface area contributed by atoms with E-state index in [4.69, 9.17) is 15.7 Å². The lowest BCUT2D eigenvalue weighted by atomic mass is 10.1. The fraction of sp³-hybridized carbons (Fsp3) is 0.500. The van der Waals surface area contributed by atoms with Gasteiger partial charge in [0.2, 0.25) is 0 Å². The van der Waals surface area contributed by atoms with Crippen molar-refractivity contribution in [3.63, 3.8) is 0 Å². The highest BCUT2D eigenvalue weighted by Gasteiger charge is 2.12. The molecule has 92 valence electrons. The van der Waals surface area contributed by atoms with Crippen molar-refractivity contribution in [1.82, 2.24) is 0 Å². The minimum Gasteiger partial charge on any atom is -0.489 e. The van der Waals surface area contributed by atoms with Gasteiger partial charge in [-0.25, -0.2) is 0 Å². The Labute approximate surface area is 103 Å². The SMILES string of the molecule is CCCC(CCC)Oc1cccc(N)c1C#N. The van der Waals surface area contributed by atoms with E-state index in [-0.39, 0.29) is 6.10 Å². The van der Waals surface area contributed by atoms with Crippen LogP contribution in [0.1, 0.15) is 45.1 Å². The van der Waals surface area contributed by atoms with E-state index in [0.29, 0.717) is 17.0 Å². The standard InChI is InChI=1S/C14H20N2O/c1-3-6-11(7-4-2)17-14-9-5-8-13(16)12(14)10-15/h5,8-9,11H,3-4,6-7,16H2,1-2H3. The molecule has 0 aliphatic rings. The number of nitriles is 1. The molecule has 1 aromatic rings. The van der Waals surface area contributed by atoms with Gasteiger partial charge in [0.05, 0.1) is 11.8 Å². The Morgan fingerprint density at radius 3 is 2.47 bits per heavy atom. The Kier molecular flexibility index (Phi) is 5.35. The molecule has 0 radical (unpaired) electrons. The minimum absolute atomic E-state index is 0.180. The summed E-state index contributed by atoms with van der Waals surface area (Å²) in [6.45, 7) is 4.27. The molecule has 0 spiro atoms. The summed E-state index contributed by atoms with van der Waals surface area (Å²) in [7, 11) is 0. The molecule has 0 saturated heterocycles. The van der Waals surface area contributed by atoms with E-state index >= 15 is 0 Å². The van der Waals surface area contributed by atoms with Crippen LogP contribution in [0.4, 0.5) is 5.69 Å². The topological polar surface area (TPSA) is 59.0 Å². The number of nitrogen functional groups attached to an aromatic ring is 1. The van der Waals surface area contributed by atoms with Crippen molar-refractivity contribution in [2.45, 2.75) is 45.6 Å². The Morgan fingerprint density at radius 2 is 1.94 bits per heavy atom. The third-order valence-electron chi connectivity index (χ3n) is 2.69. The van der Waals surface area contributed by atoms with Gasteiger partial charge in [0, 0.05) is 0 Å². The molecule has 0 aliphatic heterocycles. The summed E-state index contributed by atoms with van der Waals surface area (Å²) in [5, 5.41) is 9.06. The summed E-state index contributed by atoms with van der Waals surface area (Å²) in [5.74, 6) is 0.611. The maximum atomic E-state index is 9.06. The van der Waals surface area contributed by atoms with E-state index in [0.717, 1.165) is 25.7 Å². The summed E-state index contributed by atoms with van der Waals surface area (Å²) in [6.07, 6.45) is 4.35. The van der Waals surface area contributed by atoms with Crippen LogP contribution in [0.5, 0.6) is 5.75 Å². The Hall–Kier alpha value is -1.69. The third-order valence-corrected chi connectivity index (χ3v) is 2.69. The molecule has 3 heteroatoms. The van der Waals surface area contributed by atoms with Crippen LogP contribution in [0.25, 0.3) is 0 Å². The van der Waals surface area contributed by atoms with E-state index in [1.807, 2.05) is 12.1 Å². The van der Waals surface area contributed by atoms with E-state index in [1.165, 1.54) is 0 Å². The monoisotopic (exact) mass is 232 g/mol. The second-order valence-electron chi connectivity index (χ2n) is 4.15. The first-order valence-electron chi connectivity index (χ1n) is 6.18. The predicted molar refractivity (Wildman–Crippen MR) is 69.8 cm³/mol. The van der Waals surface area contributed by atoms with Crippen molar-refractivity contribution in [3.8, 4) is 11.8 Å². The summed E-state index contributed by atoms with van der Waals surface area (Å²) < 4.78 is 5.90. The quantitative estimate of drug-likeness (QED) is 0.764. The number of hydrogen-bond donors (Lipinski definition) is 1. The molecule has 0 fully saturated rings. The molecule has 0 unspecified atom stereocenters. The van der Waals surface area contributed by atoms with Crippen LogP contribution in [0.3, 0.4) is 0 Å². The Balaban J connectivity index is 2.85. The fourth-order valence-corrected chi connectivity index (χ4v) is 1.85. The number of nitrogens with zero attached hydrogens (tertiary/aromatic N) is 1. The van der Waals surface area contributed by atoms with Crippen molar-refractivity contribution in [3.05, 3.63) is 23.8 Å². The van der Waals surface area contributed by atoms with Crippen LogP contribution >= 0.6 is 0 Å². The second-order valence-corrected chi connectivity index (χ2v) is 4.15. The lowest BCUT2D eigenvalue weighted by molar-refractivity contribution is 0.178. The number of ether oxygens (including phenoxy) is 1. The zero-order valence-corrected chi connectivity index (χ0v) is 10.6. The van der Waals surface area contributed by atoms with Gasteiger partial charge in [0.15, 0.2) is 0 Å². The van der Waals surface area contributed by atoms with E-state index < -0.39 is 0 Å². The zero-order chi connectivity index (χ0) is 12.7. The fourth-order valence-electron chi connectivity index (χ4n) is 1.85. The molecular weight excluding hydrogens is 212 g/mol. The summed E-state index contributed by atoms with van der Waals surface area (Å²) >= 11 is 0. The van der Waals surface area contributed by atoms with Gasteiger partial charge >= 0.3 is 0 Å². The lowest BCUT2D eigenvalue weighted by Gasteiger charge is -2.19. The average molecular weight is 232 g/mol. The summed E-state index contributed by atoms with van der Waals surface area (Å²) in [6, 6.07) is 7.46. The Morgan fingerprint density at radius 1 is 1.29 bits per heavy atom. The maximum Gasteiger partial charge on any atom is 0.139 e. The van der Waals surface area contributed by atoms with Crippen molar-refractivity contribution in [2.24, 2.45) is 0 Å². The van der Waals surface area contributed by atoms with Crippen LogP contribution in [0.15, 0.2) is 18.2 Å². The Bertz CT molecular complexity index is 390. The van der Waals surface area contributed by atoms with E-state index in [2.05, 4.69) is 19.9 Å². The number of nitrogens with two attached hydrogens (primary N) is 1. The van der Waals surface area contributed by atoms with Crippen LogP contribution < -0.4 is 10.5 Å². The third kappa shape index (κ3) is 3.67. The molecule has 0 atom stereocenters. The van der Waals surface area contributed by atoms with Crippen LogP contribution in [0, 0.1) is 11.3 Å². The molecule has 1 rings (SSSR count). The molecule has 2 N–H and O–H groups in total. The largest absolute Gasteiger partial charge is 0.489 e. The molecule has 17 heavy (non-hydrogen) atoms. The predicted octanol–water partition coefficient (Wildman–Crippen LogP) is 3.49. The van der Waals surface area contributed by atoms with Gasteiger partial charge in [-0.05, 0) is 25.0 Å². The summed E-state index contributed by atoms with van der Waals surface area (Å²) in [5.41, 5.74) is 6.68. The number of rotatable bonds is 6. The smallest absolute Gasteiger partial charge is 0.139 e. The molecule has 0 amide bonds. The number of benzene rings is 1. The van der Waals surface area contributed by atoms with Crippen LogP contribution in [-0.4, -0.2) is 6.10 Å². The van der Waals surface area contributed by atoms with Gasteiger partial charge in [-0.15, -0.1) is 0 Å². The normalized spacial score (nSPS) is 10.2. The highest BCUT2D eigenvalue weighted by molar-refractivity contribution is 5.60. The van der Waals surface area contributed by atoms with Gasteiger partial charge in [-0.3, -0.25) is 0 Å². The van der Waals surface area contributed by atoms with Crippen molar-refractivity contribution in [2.75, 3.05) is 5.73 Å². The second kappa shape index (κ2) is 6.80. The highest BCUT2D eigenvalue weighted by atomic mass is 16.5. The van der Waals surface area contributed by atoms with E-state index in [9.17, 15) is 0 Å². The lowest BCUT2D eigenvalue weighted by Crippen LogP contribution is -2.16. The molecular formula is C14H20N2O. The first kappa shape index (κ1) is 13.4. The molecule has 1 aromatic carbocycles. The molecule has 0 heterocycles. The molecule has 3 nitrogen and oxygen atoms in total. The van der Waals surface area contributed by atoms with Gasteiger partial charge in [0.25, 0.3) is 0 Å². The van der Waals surface area contributed by atoms with E-state index in [1.54, 1.807) is 6.07 Å². The molecule has 0 aromatic heterocycles. The summed E-state index contributed by atoms with van der Waals surface area (Å²) in [4.78, 5) is 0. The van der Waals surface area contributed by atoms with Crippen LogP contribution in [-0.2, 0) is 0 Å². The average Bonchev–Trinajstić information content (AvgIpc) is 2.30. The number of anilines is 1. The van der Waals surface area contributed by atoms with Crippen LogP contribution in [0.2, 0.25) is 0 Å². The van der Waals surface area contributed by atoms with Crippen molar-refractivity contribution < 1.29 is 4.74 Å². The maximum absolute atomic E-state index is 9.06. The number of hydrogen-bond acceptors (Lipinski definition) is 3. The van der Waals surface area contributed by atoms with Gasteiger partial charge in [-0.2, -0.15) is 5.26 Å². The zero-order valence-electron chi connectivity index (χ0n) is 10.6. The first-order chi connectivity index (χ1) is 8.22. The van der Waals surface area contributed by atoms with Gasteiger partial charge in [0.1, 0.15) is 17.4 Å². The highest BCUT2D eigenvalue weighted by Crippen LogP contribution is 2.26. The van der Waals surface area contributed by atoms with Gasteiger partial charge < -0.3 is 10.5 Å². The molecule has 0 bridgehead atoms. The van der Waals surface area contributed by atoms with Gasteiger partial charge in [-0.1, -0.05) is 32.8 Å². The molecule has 0 aliphatic carbocycles. The first-order valence-corrected chi connectivity index (χ1v) is 6.18. The minimum atomic E-state index is 0.180. The van der Waals surface area contributed by atoms with Crippen molar-refractivity contribution in [1.29, 1.82) is 5.26 Å².